The summed E-state index contributed by atoms with van der Waals surface area (Å²) in [5, 5.41) is 3.27. The molecule has 0 fully saturated rings. The molecule has 46 valence electrons. The summed E-state index contributed by atoms with van der Waals surface area (Å²) in [5.74, 6) is 0. The van der Waals surface area contributed by atoms with Crippen molar-refractivity contribution in [1.29, 1.82) is 0 Å². The largest absolute Gasteiger partial charge is 0.299 e. The number of aliphatic imine (C=N–C) groups is 1. The van der Waals surface area contributed by atoms with Crippen LogP contribution in [0.3, 0.4) is 0 Å². The number of halogens is 1. The predicted molar refractivity (Wildman–Crippen MR) is 43.8 cm³/mol. The number of nitrogens with one attached hydrogen (secondary N) is 1. The second-order valence-electron chi connectivity index (χ2n) is 1.88. The zero-order chi connectivity index (χ0) is 5.98. The van der Waals surface area contributed by atoms with Crippen molar-refractivity contribution in [2.45, 2.75) is 17.0 Å². The van der Waals surface area contributed by atoms with Crippen LogP contribution in [0.15, 0.2) is 4.99 Å². The van der Waals surface area contributed by atoms with Crippen LogP contribution in [-0.2, 0) is 0 Å². The predicted octanol–water partition coefficient (Wildman–Crippen LogP) is 0.810. The van der Waals surface area contributed by atoms with E-state index in [1.807, 2.05) is 6.21 Å². The minimum absolute atomic E-state index is 0.448. The molecule has 1 heterocycles. The normalized spacial score (nSPS) is 37.8. The van der Waals surface area contributed by atoms with Crippen LogP contribution in [0.2, 0.25) is 0 Å². The van der Waals surface area contributed by atoms with E-state index < -0.39 is 0 Å². The molecule has 0 aromatic carbocycles. The fourth-order valence-corrected chi connectivity index (χ4v) is 1.07. The summed E-state index contributed by atoms with van der Waals surface area (Å²) in [5.41, 5.74) is 0. The Morgan fingerprint density at radius 1 is 1.88 bits per heavy atom. The summed E-state index contributed by atoms with van der Waals surface area (Å²) < 4.78 is 0.526. The topological polar surface area (TPSA) is 24.4 Å². The molecule has 2 nitrogen and oxygen atoms in total. The third-order valence-electron chi connectivity index (χ3n) is 1.17. The van der Waals surface area contributed by atoms with Gasteiger partial charge < -0.3 is 0 Å². The molecular weight excluding hydrogens is 215 g/mol. The number of hydrogen-bond acceptors (Lipinski definition) is 2. The van der Waals surface area contributed by atoms with Crippen LogP contribution in [-0.4, -0.2) is 22.8 Å². The van der Waals surface area contributed by atoms with E-state index in [1.54, 1.807) is 0 Å². The first-order valence-electron chi connectivity index (χ1n) is 2.70. The third kappa shape index (κ3) is 1.42. The molecule has 0 radical (unpaired) electrons. The quantitative estimate of drug-likeness (QED) is 0.367. The molecule has 1 aliphatic heterocycles. The smallest absolute Gasteiger partial charge is 0.0820 e. The van der Waals surface area contributed by atoms with Crippen LogP contribution < -0.4 is 5.32 Å². The molecule has 2 unspecified atom stereocenters. The summed E-state index contributed by atoms with van der Waals surface area (Å²) in [4.78, 5) is 4.22. The molecule has 0 saturated carbocycles. The Hall–Kier alpha value is 0.360. The zero-order valence-electron chi connectivity index (χ0n) is 4.76. The first-order chi connectivity index (χ1) is 3.80. The van der Waals surface area contributed by atoms with Crippen molar-refractivity contribution in [2.24, 2.45) is 4.99 Å². The van der Waals surface area contributed by atoms with Crippen molar-refractivity contribution in [3.05, 3.63) is 0 Å². The SMILES string of the molecule is CC1N=CCNC1I. The Kier molecular flexibility index (Phi) is 2.25. The van der Waals surface area contributed by atoms with E-state index in [4.69, 9.17) is 0 Å². The van der Waals surface area contributed by atoms with E-state index in [0.29, 0.717) is 10.1 Å². The molecule has 0 amide bonds. The lowest BCUT2D eigenvalue weighted by Crippen LogP contribution is -2.37. The maximum absolute atomic E-state index is 4.22. The maximum atomic E-state index is 4.22. The molecule has 8 heavy (non-hydrogen) atoms. The van der Waals surface area contributed by atoms with Crippen LogP contribution in [0.4, 0.5) is 0 Å². The van der Waals surface area contributed by atoms with E-state index in [1.165, 1.54) is 0 Å². The molecule has 1 aliphatic rings. The van der Waals surface area contributed by atoms with Crippen molar-refractivity contribution in [3.8, 4) is 0 Å². The van der Waals surface area contributed by atoms with Gasteiger partial charge in [0.2, 0.25) is 0 Å². The summed E-state index contributed by atoms with van der Waals surface area (Å²) in [6, 6.07) is 0.448. The molecule has 0 aliphatic carbocycles. The molecule has 0 saturated heterocycles. The van der Waals surface area contributed by atoms with Crippen LogP contribution in [0.5, 0.6) is 0 Å². The molecular formula is C5H9IN2. The van der Waals surface area contributed by atoms with E-state index in [0.717, 1.165) is 6.54 Å². The highest BCUT2D eigenvalue weighted by molar-refractivity contribution is 14.1. The van der Waals surface area contributed by atoms with Gasteiger partial charge >= 0.3 is 0 Å². The van der Waals surface area contributed by atoms with Crippen molar-refractivity contribution in [2.75, 3.05) is 6.54 Å². The monoisotopic (exact) mass is 224 g/mol. The Bertz CT molecular complexity index is 103. The van der Waals surface area contributed by atoms with Gasteiger partial charge in [-0.05, 0) is 6.92 Å². The highest BCUT2D eigenvalue weighted by Gasteiger charge is 2.12. The van der Waals surface area contributed by atoms with Crippen molar-refractivity contribution in [1.82, 2.24) is 5.32 Å². The van der Waals surface area contributed by atoms with Crippen LogP contribution in [0, 0.1) is 0 Å². The summed E-state index contributed by atoms with van der Waals surface area (Å²) >= 11 is 2.36. The van der Waals surface area contributed by atoms with E-state index in [-0.39, 0.29) is 0 Å². The Balaban J connectivity index is 2.47. The zero-order valence-corrected chi connectivity index (χ0v) is 6.92. The van der Waals surface area contributed by atoms with Gasteiger partial charge in [0.25, 0.3) is 0 Å². The molecule has 0 bridgehead atoms. The van der Waals surface area contributed by atoms with Gasteiger partial charge in [-0.3, -0.25) is 10.3 Å². The van der Waals surface area contributed by atoms with E-state index in [2.05, 4.69) is 39.8 Å². The molecule has 1 N–H and O–H groups in total. The standard InChI is InChI=1S/C5H9IN2/c1-4-5(6)8-3-2-7-4/h2,4-5,8H,3H2,1H3. The van der Waals surface area contributed by atoms with Gasteiger partial charge in [0, 0.05) is 12.8 Å². The lowest BCUT2D eigenvalue weighted by molar-refractivity contribution is 0.607. The summed E-state index contributed by atoms with van der Waals surface area (Å²) in [7, 11) is 0. The number of nitrogens with zero attached hydrogens (tertiary/aromatic N) is 1. The van der Waals surface area contributed by atoms with E-state index in [9.17, 15) is 0 Å². The Morgan fingerprint density at radius 3 is 3.00 bits per heavy atom. The van der Waals surface area contributed by atoms with Gasteiger partial charge in [-0.1, -0.05) is 22.6 Å². The van der Waals surface area contributed by atoms with Gasteiger partial charge in [0.05, 0.1) is 10.1 Å². The fourth-order valence-electron chi connectivity index (χ4n) is 0.630. The third-order valence-corrected chi connectivity index (χ3v) is 2.65. The van der Waals surface area contributed by atoms with Crippen LogP contribution in [0.1, 0.15) is 6.92 Å². The minimum atomic E-state index is 0.448. The average molecular weight is 224 g/mol. The summed E-state index contributed by atoms with van der Waals surface area (Å²) in [6.45, 7) is 3.04. The lowest BCUT2D eigenvalue weighted by Gasteiger charge is -2.18. The number of alkyl halides is 1. The first-order valence-corrected chi connectivity index (χ1v) is 3.94. The van der Waals surface area contributed by atoms with Gasteiger partial charge in [0.15, 0.2) is 0 Å². The molecule has 3 heteroatoms. The van der Waals surface area contributed by atoms with Gasteiger partial charge in [0.1, 0.15) is 0 Å². The number of rotatable bonds is 0. The molecule has 0 aromatic rings. The number of hydrogen-bond donors (Lipinski definition) is 1. The molecule has 0 aromatic heterocycles. The lowest BCUT2D eigenvalue weighted by atomic mass is 10.3. The molecule has 2 atom stereocenters. The van der Waals surface area contributed by atoms with Crippen LogP contribution >= 0.6 is 22.6 Å². The van der Waals surface area contributed by atoms with Crippen LogP contribution in [0.25, 0.3) is 0 Å². The maximum Gasteiger partial charge on any atom is 0.0820 e. The average Bonchev–Trinajstić information content (AvgIpc) is 1.77. The summed E-state index contributed by atoms with van der Waals surface area (Å²) in [6.07, 6.45) is 1.93. The highest BCUT2D eigenvalue weighted by Crippen LogP contribution is 2.07. The van der Waals surface area contributed by atoms with E-state index >= 15 is 0 Å². The first kappa shape index (κ1) is 6.48. The van der Waals surface area contributed by atoms with Crippen molar-refractivity contribution in [3.63, 3.8) is 0 Å². The highest BCUT2D eigenvalue weighted by atomic mass is 127. The Labute approximate surface area is 62.9 Å². The minimum Gasteiger partial charge on any atom is -0.299 e. The van der Waals surface area contributed by atoms with Gasteiger partial charge in [-0.2, -0.15) is 0 Å². The van der Waals surface area contributed by atoms with Crippen molar-refractivity contribution >= 4 is 28.8 Å². The van der Waals surface area contributed by atoms with Crippen molar-refractivity contribution < 1.29 is 0 Å². The fraction of sp³-hybridized carbons (Fsp3) is 0.800. The van der Waals surface area contributed by atoms with Gasteiger partial charge in [-0.15, -0.1) is 0 Å². The second-order valence-corrected chi connectivity index (χ2v) is 3.22. The Morgan fingerprint density at radius 2 is 2.62 bits per heavy atom. The van der Waals surface area contributed by atoms with Gasteiger partial charge in [-0.25, -0.2) is 0 Å². The second kappa shape index (κ2) is 2.77. The molecule has 0 spiro atoms. The molecule has 1 rings (SSSR count).